The van der Waals surface area contributed by atoms with Crippen molar-refractivity contribution in [2.24, 2.45) is 0 Å². The summed E-state index contributed by atoms with van der Waals surface area (Å²) >= 11 is 6.09. The van der Waals surface area contributed by atoms with Crippen LogP contribution in [0.25, 0.3) is 5.69 Å². The zero-order chi connectivity index (χ0) is 20.9. The second-order valence-electron chi connectivity index (χ2n) is 7.07. The molecule has 1 amide bonds. The molecule has 0 aliphatic rings. The number of nitrogens with zero attached hydrogens (tertiary/aromatic N) is 4. The van der Waals surface area contributed by atoms with Crippen LogP contribution in [0.1, 0.15) is 27.2 Å². The van der Waals surface area contributed by atoms with Gasteiger partial charge in [0.2, 0.25) is 0 Å². The van der Waals surface area contributed by atoms with E-state index in [4.69, 9.17) is 11.6 Å². The molecule has 2 heterocycles. The quantitative estimate of drug-likeness (QED) is 0.441. The fourth-order valence-corrected chi connectivity index (χ4v) is 3.45. The van der Waals surface area contributed by atoms with Gasteiger partial charge in [0.25, 0.3) is 5.91 Å². The van der Waals surface area contributed by atoms with Crippen LogP contribution >= 0.6 is 11.6 Å². The molecule has 0 unspecified atom stereocenters. The number of carbonyl (C=O) groups is 1. The van der Waals surface area contributed by atoms with E-state index in [1.807, 2.05) is 48.5 Å². The van der Waals surface area contributed by atoms with Crippen molar-refractivity contribution >= 4 is 17.5 Å². The lowest BCUT2D eigenvalue weighted by Crippen LogP contribution is -2.31. The monoisotopic (exact) mass is 416 g/mol. The van der Waals surface area contributed by atoms with Gasteiger partial charge >= 0.3 is 0 Å². The van der Waals surface area contributed by atoms with E-state index in [-0.39, 0.29) is 5.91 Å². The number of hydrogen-bond donors (Lipinski definition) is 0. The van der Waals surface area contributed by atoms with Crippen molar-refractivity contribution < 1.29 is 4.79 Å². The van der Waals surface area contributed by atoms with E-state index in [1.54, 1.807) is 40.3 Å². The zero-order valence-electron chi connectivity index (χ0n) is 16.6. The van der Waals surface area contributed by atoms with Crippen LogP contribution in [0.3, 0.4) is 0 Å². The third kappa shape index (κ3) is 4.58. The molecule has 6 heteroatoms. The van der Waals surface area contributed by atoms with Gasteiger partial charge in [-0.05, 0) is 53.9 Å². The highest BCUT2D eigenvalue weighted by molar-refractivity contribution is 6.30. The highest BCUT2D eigenvalue weighted by Crippen LogP contribution is 2.18. The minimum absolute atomic E-state index is 0.136. The van der Waals surface area contributed by atoms with E-state index in [0.717, 1.165) is 22.4 Å². The number of benzene rings is 2. The van der Waals surface area contributed by atoms with E-state index in [9.17, 15) is 4.79 Å². The van der Waals surface area contributed by atoms with E-state index >= 15 is 0 Å². The first-order chi connectivity index (χ1) is 14.6. The number of halogens is 1. The van der Waals surface area contributed by atoms with E-state index in [2.05, 4.69) is 23.1 Å². The minimum atomic E-state index is -0.136. The van der Waals surface area contributed by atoms with Crippen molar-refractivity contribution in [3.8, 4) is 5.69 Å². The predicted molar refractivity (Wildman–Crippen MR) is 118 cm³/mol. The van der Waals surface area contributed by atoms with Crippen LogP contribution in [0, 0.1) is 6.92 Å². The Hall–Kier alpha value is -3.44. The summed E-state index contributed by atoms with van der Waals surface area (Å²) in [7, 11) is 0. The molecule has 0 saturated heterocycles. The van der Waals surface area contributed by atoms with Crippen molar-refractivity contribution in [3.05, 3.63) is 113 Å². The van der Waals surface area contributed by atoms with Gasteiger partial charge in [-0.25, -0.2) is 4.68 Å². The molecule has 5 nitrogen and oxygen atoms in total. The molecule has 150 valence electrons. The number of amides is 1. The Kier molecular flexibility index (Phi) is 5.91. The average molecular weight is 417 g/mol. The second kappa shape index (κ2) is 8.93. The Labute approximate surface area is 180 Å². The van der Waals surface area contributed by atoms with Crippen LogP contribution < -0.4 is 0 Å². The maximum absolute atomic E-state index is 13.4. The van der Waals surface area contributed by atoms with Crippen LogP contribution in [-0.2, 0) is 13.1 Å². The van der Waals surface area contributed by atoms with Gasteiger partial charge in [-0.3, -0.25) is 9.78 Å². The smallest absolute Gasteiger partial charge is 0.274 e. The lowest BCUT2D eigenvalue weighted by atomic mass is 10.1. The van der Waals surface area contributed by atoms with Crippen LogP contribution in [-0.4, -0.2) is 25.6 Å². The molecule has 0 N–H and O–H groups in total. The summed E-state index contributed by atoms with van der Waals surface area (Å²) in [5.41, 5.74) is 4.40. The van der Waals surface area contributed by atoms with Gasteiger partial charge in [-0.2, -0.15) is 5.10 Å². The number of aromatic nitrogens is 3. The highest BCUT2D eigenvalue weighted by atomic mass is 35.5. The largest absolute Gasteiger partial charge is 0.329 e. The number of pyridine rings is 1. The molecule has 0 atom stereocenters. The Bertz CT molecular complexity index is 1160. The van der Waals surface area contributed by atoms with E-state index < -0.39 is 0 Å². The van der Waals surface area contributed by atoms with E-state index in [1.165, 1.54) is 0 Å². The lowest BCUT2D eigenvalue weighted by Gasteiger charge is -2.23. The normalized spacial score (nSPS) is 10.7. The van der Waals surface area contributed by atoms with Crippen molar-refractivity contribution in [1.29, 1.82) is 0 Å². The molecule has 0 aliphatic carbocycles. The number of rotatable bonds is 6. The molecule has 2 aromatic heterocycles. The van der Waals surface area contributed by atoms with Crippen LogP contribution in [0.15, 0.2) is 85.3 Å². The Morgan fingerprint density at radius 3 is 2.67 bits per heavy atom. The summed E-state index contributed by atoms with van der Waals surface area (Å²) in [6.07, 6.45) is 5.28. The van der Waals surface area contributed by atoms with Gasteiger partial charge in [0.1, 0.15) is 0 Å². The first-order valence-electron chi connectivity index (χ1n) is 9.64. The van der Waals surface area contributed by atoms with Crippen LogP contribution in [0.2, 0.25) is 5.02 Å². The summed E-state index contributed by atoms with van der Waals surface area (Å²) in [5, 5.41) is 5.12. The molecule has 4 aromatic rings. The minimum Gasteiger partial charge on any atom is -0.329 e. The Morgan fingerprint density at radius 2 is 1.90 bits per heavy atom. The maximum atomic E-state index is 13.4. The molecule has 0 fully saturated rings. The summed E-state index contributed by atoms with van der Waals surface area (Å²) in [6, 6.07) is 21.0. The fourth-order valence-electron chi connectivity index (χ4n) is 3.27. The van der Waals surface area contributed by atoms with Gasteiger partial charge in [0, 0.05) is 36.7 Å². The van der Waals surface area contributed by atoms with Crippen molar-refractivity contribution in [2.75, 3.05) is 0 Å². The lowest BCUT2D eigenvalue weighted by molar-refractivity contribution is 0.0723. The summed E-state index contributed by atoms with van der Waals surface area (Å²) in [4.78, 5) is 19.4. The van der Waals surface area contributed by atoms with Crippen LogP contribution in [0.4, 0.5) is 0 Å². The molecular formula is C24H21ClN4O. The molecule has 0 aliphatic heterocycles. The first-order valence-corrected chi connectivity index (χ1v) is 10.0. The van der Waals surface area contributed by atoms with Gasteiger partial charge in [0.15, 0.2) is 5.69 Å². The molecular weight excluding hydrogens is 396 g/mol. The number of aryl methyl sites for hydroxylation is 1. The van der Waals surface area contributed by atoms with Gasteiger partial charge in [0.05, 0.1) is 5.69 Å². The molecule has 4 rings (SSSR count). The third-order valence-corrected chi connectivity index (χ3v) is 5.12. The average Bonchev–Trinajstić information content (AvgIpc) is 3.25. The fraction of sp³-hybridized carbons (Fsp3) is 0.125. The van der Waals surface area contributed by atoms with Crippen LogP contribution in [0.5, 0.6) is 0 Å². The number of carbonyl (C=O) groups excluding carboxylic acids is 1. The highest BCUT2D eigenvalue weighted by Gasteiger charge is 2.20. The van der Waals surface area contributed by atoms with E-state index in [0.29, 0.717) is 23.8 Å². The predicted octanol–water partition coefficient (Wildman–Crippen LogP) is 5.07. The second-order valence-corrected chi connectivity index (χ2v) is 7.51. The summed E-state index contributed by atoms with van der Waals surface area (Å²) in [6.45, 7) is 2.99. The maximum Gasteiger partial charge on any atom is 0.274 e. The van der Waals surface area contributed by atoms with Gasteiger partial charge in [-0.15, -0.1) is 0 Å². The molecule has 0 spiro atoms. The molecule has 2 aromatic carbocycles. The van der Waals surface area contributed by atoms with Crippen molar-refractivity contribution in [1.82, 2.24) is 19.7 Å². The van der Waals surface area contributed by atoms with Gasteiger partial charge in [-0.1, -0.05) is 48.0 Å². The van der Waals surface area contributed by atoms with Crippen molar-refractivity contribution in [2.45, 2.75) is 20.0 Å². The molecule has 30 heavy (non-hydrogen) atoms. The SMILES string of the molecule is Cc1ccccc1CN(Cc1cccnc1)C(=O)c1ccn(-c2cccc(Cl)c2)n1. The Balaban J connectivity index is 1.63. The summed E-state index contributed by atoms with van der Waals surface area (Å²) in [5.74, 6) is -0.136. The third-order valence-electron chi connectivity index (χ3n) is 4.89. The zero-order valence-corrected chi connectivity index (χ0v) is 17.3. The van der Waals surface area contributed by atoms with Gasteiger partial charge < -0.3 is 4.90 Å². The number of hydrogen-bond acceptors (Lipinski definition) is 3. The topological polar surface area (TPSA) is 51.0 Å². The first kappa shape index (κ1) is 19.9. The van der Waals surface area contributed by atoms with Crippen molar-refractivity contribution in [3.63, 3.8) is 0 Å². The molecule has 0 bridgehead atoms. The molecule has 0 saturated carbocycles. The Morgan fingerprint density at radius 1 is 1.03 bits per heavy atom. The standard InChI is InChI=1S/C24H21ClN4O/c1-18-6-2-3-8-20(18)17-28(16-19-7-5-12-26-15-19)24(30)23-11-13-29(27-23)22-10-4-9-21(25)14-22/h2-15H,16-17H2,1H3. The summed E-state index contributed by atoms with van der Waals surface area (Å²) < 4.78 is 1.66. The molecule has 0 radical (unpaired) electrons.